The fourth-order valence-electron chi connectivity index (χ4n) is 2.30. The standard InChI is InChI=1S/C14H13N3O3/c1-8-13(20-7-15-8)14-16-9-5-11-12(6-10(9)17-14)19-4-2-3-18-11/h5-7H,2-4H2,1H3,(H,16,17). The molecule has 20 heavy (non-hydrogen) atoms. The van der Waals surface area contributed by atoms with Crippen LogP contribution in [-0.2, 0) is 0 Å². The van der Waals surface area contributed by atoms with Crippen LogP contribution in [0.5, 0.6) is 11.5 Å². The van der Waals surface area contributed by atoms with E-state index in [0.29, 0.717) is 24.8 Å². The lowest BCUT2D eigenvalue weighted by Gasteiger charge is -2.05. The van der Waals surface area contributed by atoms with Gasteiger partial charge >= 0.3 is 0 Å². The third-order valence-corrected chi connectivity index (χ3v) is 3.31. The van der Waals surface area contributed by atoms with Gasteiger partial charge in [-0.3, -0.25) is 0 Å². The highest BCUT2D eigenvalue weighted by molar-refractivity contribution is 5.82. The molecule has 0 spiro atoms. The molecule has 0 radical (unpaired) electrons. The van der Waals surface area contributed by atoms with Gasteiger partial charge in [-0.2, -0.15) is 0 Å². The Kier molecular flexibility index (Phi) is 2.42. The van der Waals surface area contributed by atoms with Crippen LogP contribution < -0.4 is 9.47 Å². The van der Waals surface area contributed by atoms with Crippen LogP contribution in [0.15, 0.2) is 22.9 Å². The minimum Gasteiger partial charge on any atom is -0.489 e. The summed E-state index contributed by atoms with van der Waals surface area (Å²) in [5.74, 6) is 2.80. The number of hydrogen-bond acceptors (Lipinski definition) is 5. The van der Waals surface area contributed by atoms with Crippen LogP contribution in [0, 0.1) is 6.92 Å². The first kappa shape index (κ1) is 11.3. The van der Waals surface area contributed by atoms with Crippen LogP contribution in [0.1, 0.15) is 12.1 Å². The van der Waals surface area contributed by atoms with Gasteiger partial charge < -0.3 is 18.9 Å². The summed E-state index contributed by atoms with van der Waals surface area (Å²) in [6, 6.07) is 3.81. The lowest BCUT2D eigenvalue weighted by atomic mass is 10.3. The first-order valence-electron chi connectivity index (χ1n) is 6.51. The monoisotopic (exact) mass is 271 g/mol. The number of nitrogens with zero attached hydrogens (tertiary/aromatic N) is 2. The summed E-state index contributed by atoms with van der Waals surface area (Å²) in [4.78, 5) is 11.8. The van der Waals surface area contributed by atoms with E-state index in [2.05, 4.69) is 15.0 Å². The second-order valence-corrected chi connectivity index (χ2v) is 4.72. The highest BCUT2D eigenvalue weighted by Gasteiger charge is 2.16. The fraction of sp³-hybridized carbons (Fsp3) is 0.286. The average Bonchev–Trinajstić information content (AvgIpc) is 2.96. The van der Waals surface area contributed by atoms with Crippen LogP contribution in [0.2, 0.25) is 0 Å². The number of H-pyrrole nitrogens is 1. The van der Waals surface area contributed by atoms with Gasteiger partial charge in [0.05, 0.1) is 29.9 Å². The summed E-state index contributed by atoms with van der Waals surface area (Å²) in [5, 5.41) is 0. The van der Waals surface area contributed by atoms with Crippen molar-refractivity contribution in [3.05, 3.63) is 24.2 Å². The van der Waals surface area contributed by atoms with Gasteiger partial charge in [-0.15, -0.1) is 0 Å². The van der Waals surface area contributed by atoms with E-state index in [0.717, 1.165) is 34.6 Å². The van der Waals surface area contributed by atoms with Crippen molar-refractivity contribution in [2.24, 2.45) is 0 Å². The highest BCUT2D eigenvalue weighted by Crippen LogP contribution is 2.34. The predicted molar refractivity (Wildman–Crippen MR) is 71.9 cm³/mol. The Morgan fingerprint density at radius 2 is 1.95 bits per heavy atom. The van der Waals surface area contributed by atoms with E-state index in [1.165, 1.54) is 6.39 Å². The Hall–Kier alpha value is -2.50. The van der Waals surface area contributed by atoms with Gasteiger partial charge in [-0.05, 0) is 6.92 Å². The molecule has 1 aromatic carbocycles. The molecule has 0 amide bonds. The van der Waals surface area contributed by atoms with E-state index in [-0.39, 0.29) is 0 Å². The second-order valence-electron chi connectivity index (χ2n) is 4.72. The molecule has 1 aliphatic heterocycles. The maximum Gasteiger partial charge on any atom is 0.192 e. The number of ether oxygens (including phenoxy) is 2. The summed E-state index contributed by atoms with van der Waals surface area (Å²) in [5.41, 5.74) is 2.51. The highest BCUT2D eigenvalue weighted by atomic mass is 16.5. The minimum atomic E-state index is 0.651. The van der Waals surface area contributed by atoms with E-state index in [1.54, 1.807) is 0 Å². The smallest absolute Gasteiger partial charge is 0.192 e. The van der Waals surface area contributed by atoms with Crippen molar-refractivity contribution >= 4 is 11.0 Å². The third-order valence-electron chi connectivity index (χ3n) is 3.31. The van der Waals surface area contributed by atoms with Crippen molar-refractivity contribution in [3.63, 3.8) is 0 Å². The predicted octanol–water partition coefficient (Wildman–Crippen LogP) is 2.69. The summed E-state index contributed by atoms with van der Waals surface area (Å²) < 4.78 is 16.7. The molecule has 3 aromatic rings. The van der Waals surface area contributed by atoms with Crippen LogP contribution in [0.25, 0.3) is 22.6 Å². The first-order chi connectivity index (χ1) is 9.81. The molecule has 0 saturated heterocycles. The molecule has 0 saturated carbocycles. The van der Waals surface area contributed by atoms with Crippen molar-refractivity contribution in [1.82, 2.24) is 15.0 Å². The zero-order valence-corrected chi connectivity index (χ0v) is 11.0. The minimum absolute atomic E-state index is 0.651. The number of aromatic nitrogens is 3. The Morgan fingerprint density at radius 3 is 2.70 bits per heavy atom. The first-order valence-corrected chi connectivity index (χ1v) is 6.51. The normalized spacial score (nSPS) is 14.4. The SMILES string of the molecule is Cc1ncoc1-c1nc2cc3c(cc2[nH]1)OCCCO3. The fourth-order valence-corrected chi connectivity index (χ4v) is 2.30. The summed E-state index contributed by atoms with van der Waals surface area (Å²) in [7, 11) is 0. The Morgan fingerprint density at radius 1 is 1.15 bits per heavy atom. The number of benzene rings is 1. The van der Waals surface area contributed by atoms with E-state index >= 15 is 0 Å². The van der Waals surface area contributed by atoms with Gasteiger partial charge in [-0.1, -0.05) is 0 Å². The lowest BCUT2D eigenvalue weighted by Crippen LogP contribution is -1.97. The number of rotatable bonds is 1. The summed E-state index contributed by atoms with van der Waals surface area (Å²) >= 11 is 0. The summed E-state index contributed by atoms with van der Waals surface area (Å²) in [6.45, 7) is 3.21. The average molecular weight is 271 g/mol. The molecule has 0 bridgehead atoms. The molecule has 102 valence electrons. The number of oxazole rings is 1. The molecule has 4 rings (SSSR count). The van der Waals surface area contributed by atoms with E-state index in [4.69, 9.17) is 13.9 Å². The number of hydrogen-bond donors (Lipinski definition) is 1. The zero-order valence-electron chi connectivity index (χ0n) is 11.0. The molecule has 1 N–H and O–H groups in total. The van der Waals surface area contributed by atoms with Gasteiger partial charge in [0, 0.05) is 18.6 Å². The Labute approximate surface area is 114 Å². The number of imidazole rings is 1. The molecule has 0 unspecified atom stereocenters. The summed E-state index contributed by atoms with van der Waals surface area (Å²) in [6.07, 6.45) is 2.30. The van der Waals surface area contributed by atoms with Crippen molar-refractivity contribution in [2.45, 2.75) is 13.3 Å². The van der Waals surface area contributed by atoms with Gasteiger partial charge in [0.15, 0.2) is 29.5 Å². The second kappa shape index (κ2) is 4.26. The van der Waals surface area contributed by atoms with Crippen LogP contribution in [-0.4, -0.2) is 28.2 Å². The molecule has 1 aliphatic rings. The quantitative estimate of drug-likeness (QED) is 0.736. The van der Waals surface area contributed by atoms with E-state index in [1.807, 2.05) is 19.1 Å². The van der Waals surface area contributed by atoms with Crippen LogP contribution in [0.3, 0.4) is 0 Å². The molecule has 0 atom stereocenters. The van der Waals surface area contributed by atoms with Crippen molar-refractivity contribution in [3.8, 4) is 23.1 Å². The number of aryl methyl sites for hydroxylation is 1. The van der Waals surface area contributed by atoms with Crippen molar-refractivity contribution in [1.29, 1.82) is 0 Å². The zero-order chi connectivity index (χ0) is 13.5. The maximum absolute atomic E-state index is 5.67. The molecule has 2 aromatic heterocycles. The van der Waals surface area contributed by atoms with Gasteiger partial charge in [0.25, 0.3) is 0 Å². The molecule has 0 fully saturated rings. The Balaban J connectivity index is 1.86. The van der Waals surface area contributed by atoms with E-state index < -0.39 is 0 Å². The van der Waals surface area contributed by atoms with Crippen LogP contribution in [0.4, 0.5) is 0 Å². The topological polar surface area (TPSA) is 73.2 Å². The lowest BCUT2D eigenvalue weighted by molar-refractivity contribution is 0.297. The maximum atomic E-state index is 5.67. The van der Waals surface area contributed by atoms with Gasteiger partial charge in [-0.25, -0.2) is 9.97 Å². The molecule has 6 nitrogen and oxygen atoms in total. The molecule has 0 aliphatic carbocycles. The Bertz CT molecular complexity index is 732. The number of nitrogens with one attached hydrogen (secondary N) is 1. The largest absolute Gasteiger partial charge is 0.489 e. The van der Waals surface area contributed by atoms with Crippen LogP contribution >= 0.6 is 0 Å². The molecule has 6 heteroatoms. The van der Waals surface area contributed by atoms with Crippen molar-refractivity contribution < 1.29 is 13.9 Å². The molecular formula is C14H13N3O3. The van der Waals surface area contributed by atoms with E-state index in [9.17, 15) is 0 Å². The number of fused-ring (bicyclic) bond motifs is 2. The van der Waals surface area contributed by atoms with Gasteiger partial charge in [0.1, 0.15) is 0 Å². The van der Waals surface area contributed by atoms with Gasteiger partial charge in [0.2, 0.25) is 0 Å². The molecule has 3 heterocycles. The number of aromatic amines is 1. The third kappa shape index (κ3) is 1.72. The molecular weight excluding hydrogens is 258 g/mol. The van der Waals surface area contributed by atoms with Crippen molar-refractivity contribution in [2.75, 3.05) is 13.2 Å².